The number of carbonyl (C=O) groups excluding carboxylic acids is 1. The Morgan fingerprint density at radius 3 is 2.41 bits per heavy atom. The number of anilines is 3. The van der Waals surface area contributed by atoms with E-state index in [0.717, 1.165) is 17.7 Å². The predicted molar refractivity (Wildman–Crippen MR) is 101 cm³/mol. The lowest BCUT2D eigenvalue weighted by molar-refractivity contribution is 0.102. The van der Waals surface area contributed by atoms with Gasteiger partial charge in [-0.05, 0) is 49.7 Å². The normalized spacial score (nSPS) is 10.6. The van der Waals surface area contributed by atoms with Crippen LogP contribution in [0.4, 0.5) is 26.1 Å². The van der Waals surface area contributed by atoms with Crippen molar-refractivity contribution in [3.8, 4) is 0 Å². The molecule has 0 bridgehead atoms. The molecule has 27 heavy (non-hydrogen) atoms. The Morgan fingerprint density at radius 2 is 1.70 bits per heavy atom. The smallest absolute Gasteiger partial charge is 0.274 e. The number of nitrogens with one attached hydrogen (secondary N) is 2. The maximum Gasteiger partial charge on any atom is 0.274 e. The Hall–Kier alpha value is -3.06. The van der Waals surface area contributed by atoms with E-state index in [-0.39, 0.29) is 11.6 Å². The van der Waals surface area contributed by atoms with Gasteiger partial charge in [-0.25, -0.2) is 18.7 Å². The van der Waals surface area contributed by atoms with Gasteiger partial charge in [-0.1, -0.05) is 23.7 Å². The third-order valence-electron chi connectivity index (χ3n) is 3.80. The number of aryl methyl sites for hydroxylation is 1. The number of amides is 1. The molecule has 0 radical (unpaired) electrons. The second-order valence-corrected chi connectivity index (χ2v) is 6.21. The molecule has 3 rings (SSSR count). The standard InChI is InChI=1S/C19H15ClF2N4O/c1-10-9-16(18(27)26-17-13(21)6-4-7-14(17)22)25-19(23-10)24-15-8-3-5-12(20)11(15)2/h3-9H,1-2H3,(H,26,27)(H,23,24,25). The van der Waals surface area contributed by atoms with Gasteiger partial charge in [0.15, 0.2) is 0 Å². The van der Waals surface area contributed by atoms with Gasteiger partial charge in [0.2, 0.25) is 5.95 Å². The lowest BCUT2D eigenvalue weighted by Crippen LogP contribution is -2.17. The molecule has 1 aromatic heterocycles. The van der Waals surface area contributed by atoms with Crippen LogP contribution in [0.3, 0.4) is 0 Å². The van der Waals surface area contributed by atoms with E-state index in [0.29, 0.717) is 16.4 Å². The third kappa shape index (κ3) is 4.20. The predicted octanol–water partition coefficient (Wildman–Crippen LogP) is 5.02. The molecule has 138 valence electrons. The van der Waals surface area contributed by atoms with Crippen molar-refractivity contribution < 1.29 is 13.6 Å². The van der Waals surface area contributed by atoms with Crippen LogP contribution < -0.4 is 10.6 Å². The maximum absolute atomic E-state index is 13.7. The topological polar surface area (TPSA) is 66.9 Å². The Kier molecular flexibility index (Phi) is 5.32. The lowest BCUT2D eigenvalue weighted by atomic mass is 10.2. The molecule has 8 heteroatoms. The van der Waals surface area contributed by atoms with Gasteiger partial charge in [0.1, 0.15) is 23.0 Å². The second kappa shape index (κ2) is 7.67. The summed E-state index contributed by atoms with van der Waals surface area (Å²) in [6, 6.07) is 10.1. The third-order valence-corrected chi connectivity index (χ3v) is 4.21. The number of benzene rings is 2. The van der Waals surface area contributed by atoms with Gasteiger partial charge >= 0.3 is 0 Å². The van der Waals surface area contributed by atoms with Gasteiger partial charge in [0.25, 0.3) is 5.91 Å². The van der Waals surface area contributed by atoms with E-state index in [1.165, 1.54) is 12.1 Å². The molecule has 0 saturated carbocycles. The van der Waals surface area contributed by atoms with E-state index in [1.807, 2.05) is 6.92 Å². The minimum absolute atomic E-state index is 0.0349. The summed E-state index contributed by atoms with van der Waals surface area (Å²) < 4.78 is 27.5. The molecule has 0 aliphatic heterocycles. The molecule has 0 atom stereocenters. The molecule has 5 nitrogen and oxygen atoms in total. The van der Waals surface area contributed by atoms with Crippen LogP contribution in [0.15, 0.2) is 42.5 Å². The first-order valence-electron chi connectivity index (χ1n) is 7.98. The molecular formula is C19H15ClF2N4O. The summed E-state index contributed by atoms with van der Waals surface area (Å²) in [6.07, 6.45) is 0. The quantitative estimate of drug-likeness (QED) is 0.658. The average molecular weight is 389 g/mol. The highest BCUT2D eigenvalue weighted by Crippen LogP contribution is 2.25. The van der Waals surface area contributed by atoms with E-state index in [4.69, 9.17) is 11.6 Å². The molecule has 1 amide bonds. The van der Waals surface area contributed by atoms with Crippen LogP contribution in [0.5, 0.6) is 0 Å². The van der Waals surface area contributed by atoms with Gasteiger partial charge in [0, 0.05) is 16.4 Å². The molecule has 0 aliphatic rings. The Bertz CT molecular complexity index is 1010. The molecule has 3 aromatic rings. The first kappa shape index (κ1) is 18.7. The van der Waals surface area contributed by atoms with E-state index in [1.54, 1.807) is 25.1 Å². The van der Waals surface area contributed by atoms with Crippen molar-refractivity contribution in [2.75, 3.05) is 10.6 Å². The highest BCUT2D eigenvalue weighted by Gasteiger charge is 2.16. The summed E-state index contributed by atoms with van der Waals surface area (Å²) in [5, 5.41) is 5.78. The van der Waals surface area contributed by atoms with Crippen molar-refractivity contribution in [3.05, 3.63) is 76.1 Å². The fourth-order valence-corrected chi connectivity index (χ4v) is 2.57. The number of hydrogen-bond donors (Lipinski definition) is 2. The van der Waals surface area contributed by atoms with Crippen molar-refractivity contribution in [2.45, 2.75) is 13.8 Å². The molecule has 1 heterocycles. The van der Waals surface area contributed by atoms with Crippen LogP contribution in [0.1, 0.15) is 21.7 Å². The van der Waals surface area contributed by atoms with Crippen LogP contribution in [0, 0.1) is 25.5 Å². The molecule has 0 aliphatic carbocycles. The first-order valence-corrected chi connectivity index (χ1v) is 8.36. The van der Waals surface area contributed by atoms with Crippen LogP contribution in [-0.4, -0.2) is 15.9 Å². The number of carbonyl (C=O) groups is 1. The van der Waals surface area contributed by atoms with Crippen molar-refractivity contribution in [1.29, 1.82) is 0 Å². The van der Waals surface area contributed by atoms with Crippen LogP contribution >= 0.6 is 11.6 Å². The average Bonchev–Trinajstić information content (AvgIpc) is 2.61. The number of halogens is 3. The molecule has 2 aromatic carbocycles. The largest absolute Gasteiger partial charge is 0.324 e. The van der Waals surface area contributed by atoms with Gasteiger partial charge in [-0.15, -0.1) is 0 Å². The Labute approximate surface area is 159 Å². The zero-order valence-electron chi connectivity index (χ0n) is 14.5. The van der Waals surface area contributed by atoms with E-state index in [2.05, 4.69) is 20.6 Å². The van der Waals surface area contributed by atoms with Crippen LogP contribution in [0.2, 0.25) is 5.02 Å². The summed E-state index contributed by atoms with van der Waals surface area (Å²) >= 11 is 6.10. The molecule has 0 saturated heterocycles. The van der Waals surface area contributed by atoms with Gasteiger partial charge in [-0.3, -0.25) is 4.79 Å². The maximum atomic E-state index is 13.7. The van der Waals surface area contributed by atoms with Gasteiger partial charge < -0.3 is 10.6 Å². The summed E-state index contributed by atoms with van der Waals surface area (Å²) in [6.45, 7) is 3.51. The van der Waals surface area contributed by atoms with E-state index < -0.39 is 23.2 Å². The minimum atomic E-state index is -0.873. The van der Waals surface area contributed by atoms with Crippen molar-refractivity contribution in [1.82, 2.24) is 9.97 Å². The molecule has 2 N–H and O–H groups in total. The number of aromatic nitrogens is 2. The zero-order valence-corrected chi connectivity index (χ0v) is 15.2. The lowest BCUT2D eigenvalue weighted by Gasteiger charge is -2.11. The number of nitrogens with zero attached hydrogens (tertiary/aromatic N) is 2. The minimum Gasteiger partial charge on any atom is -0.324 e. The van der Waals surface area contributed by atoms with Crippen molar-refractivity contribution in [3.63, 3.8) is 0 Å². The van der Waals surface area contributed by atoms with Crippen LogP contribution in [0.25, 0.3) is 0 Å². The Balaban J connectivity index is 1.89. The van der Waals surface area contributed by atoms with E-state index >= 15 is 0 Å². The summed E-state index contributed by atoms with van der Waals surface area (Å²) in [5.74, 6) is -2.33. The van der Waals surface area contributed by atoms with Crippen molar-refractivity contribution in [2.24, 2.45) is 0 Å². The highest BCUT2D eigenvalue weighted by molar-refractivity contribution is 6.31. The molecular weight excluding hydrogens is 374 g/mol. The van der Waals surface area contributed by atoms with Crippen molar-refractivity contribution >= 4 is 34.8 Å². The molecule has 0 unspecified atom stereocenters. The first-order chi connectivity index (χ1) is 12.8. The zero-order chi connectivity index (χ0) is 19.6. The highest BCUT2D eigenvalue weighted by atomic mass is 35.5. The van der Waals surface area contributed by atoms with E-state index in [9.17, 15) is 13.6 Å². The summed E-state index contributed by atoms with van der Waals surface area (Å²) in [5.41, 5.74) is 1.42. The number of rotatable bonds is 4. The number of para-hydroxylation sites is 1. The fourth-order valence-electron chi connectivity index (χ4n) is 2.40. The number of hydrogen-bond acceptors (Lipinski definition) is 4. The van der Waals surface area contributed by atoms with Gasteiger partial charge in [-0.2, -0.15) is 0 Å². The fraction of sp³-hybridized carbons (Fsp3) is 0.105. The SMILES string of the molecule is Cc1cc(C(=O)Nc2c(F)cccc2F)nc(Nc2cccc(Cl)c2C)n1. The second-order valence-electron chi connectivity index (χ2n) is 5.81. The molecule has 0 fully saturated rings. The summed E-state index contributed by atoms with van der Waals surface area (Å²) in [7, 11) is 0. The Morgan fingerprint density at radius 1 is 1.04 bits per heavy atom. The van der Waals surface area contributed by atoms with Crippen LogP contribution in [-0.2, 0) is 0 Å². The monoisotopic (exact) mass is 388 g/mol. The molecule has 0 spiro atoms. The van der Waals surface area contributed by atoms with Gasteiger partial charge in [0.05, 0.1) is 0 Å². The summed E-state index contributed by atoms with van der Waals surface area (Å²) in [4.78, 5) is 20.8.